The summed E-state index contributed by atoms with van der Waals surface area (Å²) in [7, 11) is -0.688. The largest absolute Gasteiger partial charge is 1.00 e. The van der Waals surface area contributed by atoms with Gasteiger partial charge in [0.1, 0.15) is 24.4 Å². The van der Waals surface area contributed by atoms with E-state index in [1.54, 1.807) is 6.07 Å². The average Bonchev–Trinajstić information content (AvgIpc) is 3.03. The van der Waals surface area contributed by atoms with Gasteiger partial charge in [-0.15, -0.1) is 5.75 Å². The van der Waals surface area contributed by atoms with Crippen LogP contribution in [0, 0.1) is 0 Å². The Labute approximate surface area is 209 Å². The molecular weight excluding hydrogens is 423 g/mol. The monoisotopic (exact) mass is 449 g/mol. The molecule has 1 unspecified atom stereocenters. The van der Waals surface area contributed by atoms with Crippen molar-refractivity contribution in [2.75, 3.05) is 13.7 Å². The van der Waals surface area contributed by atoms with Crippen LogP contribution < -0.4 is 34.7 Å². The van der Waals surface area contributed by atoms with Gasteiger partial charge in [-0.25, -0.2) is 0 Å². The number of aliphatic hydroxyl groups excluding tert-OH is 4. The molecule has 1 fully saturated rings. The number of hydrogen-bond acceptors (Lipinski definition) is 7. The fourth-order valence-electron chi connectivity index (χ4n) is 4.14. The van der Waals surface area contributed by atoms with E-state index in [1.807, 2.05) is 42.5 Å². The van der Waals surface area contributed by atoms with Crippen molar-refractivity contribution in [3.05, 3.63) is 77.4 Å². The number of fused-ring (bicyclic) bond motifs is 1. The first kappa shape index (κ1) is 23.6. The standard InChI is InChI=1S/C24H26O7.Na/c1-30-24(23(29)22(28)21(27)20(13-25)31-24)18-12-14(7-8-19(18)26)9-15-10-16-5-3-2-4-6-17(16)11-15;/h2-8,10-12,20-23,25-29H,9,13H2,1H3;/q;+1/p-1/t20-,21-,22+,23-,24?;/m1./s1/i1D;. The van der Waals surface area contributed by atoms with Crippen LogP contribution in [0.4, 0.5) is 0 Å². The molecule has 0 saturated carbocycles. The summed E-state index contributed by atoms with van der Waals surface area (Å²) in [5.74, 6) is -2.73. The van der Waals surface area contributed by atoms with E-state index in [0.29, 0.717) is 6.42 Å². The van der Waals surface area contributed by atoms with Crippen LogP contribution in [0.15, 0.2) is 60.7 Å². The van der Waals surface area contributed by atoms with Gasteiger partial charge in [0.15, 0.2) is 0 Å². The molecule has 1 heterocycles. The molecule has 32 heavy (non-hydrogen) atoms. The summed E-state index contributed by atoms with van der Waals surface area (Å²) in [6, 6.07) is 18.4. The Balaban J connectivity index is 0.00000306. The van der Waals surface area contributed by atoms with E-state index in [4.69, 9.17) is 10.8 Å². The van der Waals surface area contributed by atoms with E-state index in [1.165, 1.54) is 12.1 Å². The zero-order chi connectivity index (χ0) is 22.9. The summed E-state index contributed by atoms with van der Waals surface area (Å²) < 4.78 is 18.5. The van der Waals surface area contributed by atoms with Crippen LogP contribution in [-0.2, 0) is 21.7 Å². The third-order valence-electron chi connectivity index (χ3n) is 5.78. The van der Waals surface area contributed by atoms with Crippen LogP contribution in [0.5, 0.6) is 5.75 Å². The molecule has 1 aliphatic heterocycles. The van der Waals surface area contributed by atoms with Gasteiger partial charge in [-0.05, 0) is 28.7 Å². The molecule has 2 aliphatic carbocycles. The fraction of sp³-hybridized carbons (Fsp3) is 0.333. The quantitative estimate of drug-likeness (QED) is 0.324. The Morgan fingerprint density at radius 2 is 1.69 bits per heavy atom. The molecule has 0 radical (unpaired) electrons. The number of rotatable bonds is 5. The van der Waals surface area contributed by atoms with Crippen molar-refractivity contribution in [2.24, 2.45) is 0 Å². The van der Waals surface area contributed by atoms with E-state index in [9.17, 15) is 25.5 Å². The maximum atomic E-state index is 12.8. The normalized spacial score (nSPS) is 28.2. The molecule has 0 spiro atoms. The second-order valence-electron chi connectivity index (χ2n) is 7.77. The van der Waals surface area contributed by atoms with Crippen LogP contribution in [0.2, 0.25) is 0 Å². The Kier molecular flexibility index (Phi) is 7.51. The van der Waals surface area contributed by atoms with Crippen molar-refractivity contribution in [3.8, 4) is 16.9 Å². The SMILES string of the molecule is [2H]COC1(c2cc(Cc3cc4cccccc-4c3)ccc2[O-])O[C@H](CO)[C@@H](O)[C@H](O)[C@H]1O.[Na+]. The third kappa shape index (κ3) is 4.46. The zero-order valence-electron chi connectivity index (χ0n) is 18.7. The van der Waals surface area contributed by atoms with Crippen LogP contribution in [-0.4, -0.2) is 58.5 Å². The molecule has 5 atom stereocenters. The van der Waals surface area contributed by atoms with Crippen LogP contribution in [0.3, 0.4) is 0 Å². The minimum absolute atomic E-state index is 0. The Bertz CT molecular complexity index is 1020. The van der Waals surface area contributed by atoms with Crippen LogP contribution in [0.1, 0.15) is 18.1 Å². The van der Waals surface area contributed by atoms with Gasteiger partial charge in [-0.2, -0.15) is 0 Å². The van der Waals surface area contributed by atoms with Gasteiger partial charge < -0.3 is 35.0 Å². The van der Waals surface area contributed by atoms with Crippen molar-refractivity contribution in [2.45, 2.75) is 36.6 Å². The second-order valence-corrected chi connectivity index (χ2v) is 7.77. The molecule has 3 aliphatic rings. The number of aliphatic hydroxyl groups is 4. The molecule has 1 aromatic rings. The molecule has 164 valence electrons. The predicted octanol–water partition coefficient (Wildman–Crippen LogP) is -2.27. The van der Waals surface area contributed by atoms with E-state index in [0.717, 1.165) is 22.3 Å². The summed E-state index contributed by atoms with van der Waals surface area (Å²) in [5, 5.41) is 53.5. The molecule has 7 nitrogen and oxygen atoms in total. The number of methoxy groups -OCH3 is 1. The summed E-state index contributed by atoms with van der Waals surface area (Å²) in [6.45, 7) is -0.681. The molecule has 0 amide bonds. The molecule has 4 rings (SSSR count). The van der Waals surface area contributed by atoms with Crippen LogP contribution in [0.25, 0.3) is 11.1 Å². The predicted molar refractivity (Wildman–Crippen MR) is 110 cm³/mol. The van der Waals surface area contributed by atoms with Crippen LogP contribution >= 0.6 is 0 Å². The first-order valence-corrected chi connectivity index (χ1v) is 9.94. The van der Waals surface area contributed by atoms with Crippen molar-refractivity contribution >= 4 is 0 Å². The summed E-state index contributed by atoms with van der Waals surface area (Å²) in [5.41, 5.74) is 3.79. The topological polar surface area (TPSA) is 122 Å². The van der Waals surface area contributed by atoms with Crippen molar-refractivity contribution < 1.29 is 65.9 Å². The molecular formula is C24H25NaO7. The van der Waals surface area contributed by atoms with E-state index >= 15 is 0 Å². The van der Waals surface area contributed by atoms with E-state index in [-0.39, 0.29) is 35.1 Å². The van der Waals surface area contributed by atoms with Crippen molar-refractivity contribution in [3.63, 3.8) is 0 Å². The maximum Gasteiger partial charge on any atom is 1.00 e. The van der Waals surface area contributed by atoms with Gasteiger partial charge >= 0.3 is 29.6 Å². The maximum absolute atomic E-state index is 12.8. The minimum atomic E-state index is -2.20. The van der Waals surface area contributed by atoms with Crippen molar-refractivity contribution in [1.82, 2.24) is 0 Å². The first-order valence-electron chi connectivity index (χ1n) is 10.6. The third-order valence-corrected chi connectivity index (χ3v) is 5.78. The van der Waals surface area contributed by atoms with Gasteiger partial charge in [0.25, 0.3) is 0 Å². The summed E-state index contributed by atoms with van der Waals surface area (Å²) in [4.78, 5) is 0. The smallest absolute Gasteiger partial charge is 0.872 e. The van der Waals surface area contributed by atoms with Crippen molar-refractivity contribution in [1.29, 1.82) is 0 Å². The summed E-state index contributed by atoms with van der Waals surface area (Å²) in [6.07, 6.45) is -6.03. The molecule has 1 saturated heterocycles. The van der Waals surface area contributed by atoms with E-state index in [2.05, 4.69) is 0 Å². The second kappa shape index (κ2) is 10.2. The number of benzene rings is 1. The fourth-order valence-corrected chi connectivity index (χ4v) is 4.14. The molecule has 1 aromatic carbocycles. The van der Waals surface area contributed by atoms with Gasteiger partial charge in [0.2, 0.25) is 5.79 Å². The first-order chi connectivity index (χ1) is 15.4. The number of ether oxygens (including phenoxy) is 2. The molecule has 8 heteroatoms. The van der Waals surface area contributed by atoms with Gasteiger partial charge in [0, 0.05) is 12.6 Å². The van der Waals surface area contributed by atoms with Gasteiger partial charge in [-0.3, -0.25) is 0 Å². The zero-order valence-corrected chi connectivity index (χ0v) is 19.7. The Hall–Kier alpha value is -1.52. The minimum Gasteiger partial charge on any atom is -0.872 e. The van der Waals surface area contributed by atoms with Gasteiger partial charge in [0.05, 0.1) is 7.98 Å². The molecule has 0 bridgehead atoms. The number of hydrogen-bond donors (Lipinski definition) is 4. The van der Waals surface area contributed by atoms with Gasteiger partial charge in [-0.1, -0.05) is 60.7 Å². The van der Waals surface area contributed by atoms with E-state index < -0.39 is 49.6 Å². The Morgan fingerprint density at radius 3 is 2.31 bits per heavy atom. The molecule has 4 N–H and O–H groups in total. The average molecular weight is 449 g/mol. The Morgan fingerprint density at radius 1 is 1.00 bits per heavy atom. The summed E-state index contributed by atoms with van der Waals surface area (Å²) >= 11 is 0. The molecule has 0 aromatic heterocycles.